The fourth-order valence-electron chi connectivity index (χ4n) is 3.73. The Morgan fingerprint density at radius 1 is 1.09 bits per heavy atom. The second kappa shape index (κ2) is 6.69. The molecule has 120 valence electrons. The van der Waals surface area contributed by atoms with Crippen molar-refractivity contribution < 1.29 is 5.11 Å². The lowest BCUT2D eigenvalue weighted by Crippen LogP contribution is -2.51. The Morgan fingerprint density at radius 3 is 2.22 bits per heavy atom. The molecule has 1 heterocycles. The van der Waals surface area contributed by atoms with E-state index in [0.717, 1.165) is 0 Å². The van der Waals surface area contributed by atoms with Crippen LogP contribution in [0.1, 0.15) is 43.0 Å². The highest BCUT2D eigenvalue weighted by Gasteiger charge is 2.45. The number of hydrogen-bond acceptors (Lipinski definition) is 2. The van der Waals surface area contributed by atoms with Gasteiger partial charge in [-0.15, -0.1) is 6.58 Å². The van der Waals surface area contributed by atoms with E-state index >= 15 is 0 Å². The Balaban J connectivity index is 1.97. The first kappa shape index (κ1) is 16.0. The normalized spacial score (nSPS) is 30.8. The van der Waals surface area contributed by atoms with Gasteiger partial charge in [-0.2, -0.15) is 0 Å². The van der Waals surface area contributed by atoms with E-state index in [4.69, 9.17) is 0 Å². The van der Waals surface area contributed by atoms with Gasteiger partial charge in [0.25, 0.3) is 0 Å². The van der Waals surface area contributed by atoms with Gasteiger partial charge in [0.2, 0.25) is 0 Å². The van der Waals surface area contributed by atoms with Gasteiger partial charge in [-0.05, 0) is 24.0 Å². The van der Waals surface area contributed by atoms with Crippen LogP contribution >= 0.6 is 0 Å². The third-order valence-corrected chi connectivity index (χ3v) is 5.14. The van der Waals surface area contributed by atoms with Crippen LogP contribution in [0.5, 0.6) is 0 Å². The third-order valence-electron chi connectivity index (χ3n) is 5.14. The van der Waals surface area contributed by atoms with Crippen molar-refractivity contribution in [3.8, 4) is 0 Å². The van der Waals surface area contributed by atoms with Gasteiger partial charge in [-0.25, -0.2) is 0 Å². The molecule has 0 radical (unpaired) electrons. The minimum atomic E-state index is -0.742. The van der Waals surface area contributed by atoms with Crippen LogP contribution in [-0.4, -0.2) is 10.7 Å². The van der Waals surface area contributed by atoms with Crippen molar-refractivity contribution in [3.63, 3.8) is 0 Å². The molecule has 0 spiro atoms. The monoisotopic (exact) mass is 307 g/mol. The number of nitrogens with one attached hydrogen (secondary N) is 1. The summed E-state index contributed by atoms with van der Waals surface area (Å²) in [5, 5.41) is 15.0. The quantitative estimate of drug-likeness (QED) is 0.820. The minimum Gasteiger partial charge on any atom is -0.389 e. The second-order valence-electron chi connectivity index (χ2n) is 6.61. The maximum atomic E-state index is 11.3. The van der Waals surface area contributed by atoms with Crippen LogP contribution in [0.3, 0.4) is 0 Å². The molecular formula is C21H25NO. The van der Waals surface area contributed by atoms with Crippen LogP contribution in [0, 0.1) is 5.92 Å². The molecule has 2 aromatic rings. The summed E-state index contributed by atoms with van der Waals surface area (Å²) < 4.78 is 0. The number of aliphatic hydroxyl groups is 1. The van der Waals surface area contributed by atoms with Crippen LogP contribution < -0.4 is 5.32 Å². The smallest absolute Gasteiger partial charge is 0.0743 e. The van der Waals surface area contributed by atoms with Gasteiger partial charge < -0.3 is 10.4 Å². The van der Waals surface area contributed by atoms with E-state index in [1.165, 1.54) is 11.1 Å². The zero-order chi connectivity index (χ0) is 16.3. The Hall–Kier alpha value is -1.90. The summed E-state index contributed by atoms with van der Waals surface area (Å²) in [5.74, 6) is 0.114. The maximum Gasteiger partial charge on any atom is 0.0743 e. The van der Waals surface area contributed by atoms with Crippen LogP contribution in [0.2, 0.25) is 0 Å². The van der Waals surface area contributed by atoms with Gasteiger partial charge in [0.05, 0.1) is 5.60 Å². The summed E-state index contributed by atoms with van der Waals surface area (Å²) >= 11 is 0. The summed E-state index contributed by atoms with van der Waals surface area (Å²) in [6, 6.07) is 21.1. The minimum absolute atomic E-state index is 0.114. The molecule has 3 rings (SSSR count). The van der Waals surface area contributed by atoms with Crippen molar-refractivity contribution in [2.45, 2.75) is 37.5 Å². The second-order valence-corrected chi connectivity index (χ2v) is 6.61. The molecule has 1 aliphatic heterocycles. The van der Waals surface area contributed by atoms with Crippen molar-refractivity contribution in [3.05, 3.63) is 84.4 Å². The lowest BCUT2D eigenvalue weighted by molar-refractivity contribution is -0.0654. The number of piperidine rings is 1. The van der Waals surface area contributed by atoms with E-state index in [0.29, 0.717) is 12.8 Å². The third kappa shape index (κ3) is 3.24. The van der Waals surface area contributed by atoms with E-state index in [1.807, 2.05) is 18.2 Å². The maximum absolute atomic E-state index is 11.3. The molecule has 0 bridgehead atoms. The Morgan fingerprint density at radius 2 is 1.65 bits per heavy atom. The van der Waals surface area contributed by atoms with Crippen LogP contribution in [-0.2, 0) is 0 Å². The predicted molar refractivity (Wildman–Crippen MR) is 95.0 cm³/mol. The largest absolute Gasteiger partial charge is 0.389 e. The molecule has 0 aromatic heterocycles. The molecule has 2 aromatic carbocycles. The van der Waals surface area contributed by atoms with Gasteiger partial charge in [-0.3, -0.25) is 0 Å². The summed E-state index contributed by atoms with van der Waals surface area (Å²) in [7, 11) is 0. The highest BCUT2D eigenvalue weighted by atomic mass is 16.3. The lowest BCUT2D eigenvalue weighted by atomic mass is 9.70. The Bertz CT molecular complexity index is 639. The van der Waals surface area contributed by atoms with Crippen molar-refractivity contribution in [2.24, 2.45) is 5.92 Å². The number of hydrogen-bond donors (Lipinski definition) is 2. The zero-order valence-corrected chi connectivity index (χ0v) is 13.7. The standard InChI is InChI=1S/C21H25NO/c1-3-14-21(23)15-19(17-10-6-4-7-11-17)22-20(16(21)2)18-12-8-5-9-13-18/h3-13,16,19-20,22-23H,1,14-15H2,2H3/t16-,19+,20-,21-/m1/s1. The van der Waals surface area contributed by atoms with Crippen molar-refractivity contribution >= 4 is 0 Å². The highest BCUT2D eigenvalue weighted by Crippen LogP contribution is 2.44. The molecule has 0 saturated carbocycles. The molecule has 1 saturated heterocycles. The summed E-state index contributed by atoms with van der Waals surface area (Å²) in [6.45, 7) is 5.98. The SMILES string of the molecule is C=CC[C@@]1(O)C[C@@H](c2ccccc2)N[C@@H](c2ccccc2)[C@H]1C. The number of rotatable bonds is 4. The topological polar surface area (TPSA) is 32.3 Å². The first-order valence-electron chi connectivity index (χ1n) is 8.33. The van der Waals surface area contributed by atoms with Crippen molar-refractivity contribution in [1.29, 1.82) is 0 Å². The fourth-order valence-corrected chi connectivity index (χ4v) is 3.73. The van der Waals surface area contributed by atoms with Crippen molar-refractivity contribution in [2.75, 3.05) is 0 Å². The van der Waals surface area contributed by atoms with Gasteiger partial charge in [0.1, 0.15) is 0 Å². The van der Waals surface area contributed by atoms with E-state index in [9.17, 15) is 5.11 Å². The van der Waals surface area contributed by atoms with Crippen LogP contribution in [0.25, 0.3) is 0 Å². The fraction of sp³-hybridized carbons (Fsp3) is 0.333. The lowest BCUT2D eigenvalue weighted by Gasteiger charge is -2.47. The molecular weight excluding hydrogens is 282 g/mol. The van der Waals surface area contributed by atoms with Crippen molar-refractivity contribution in [1.82, 2.24) is 5.32 Å². The van der Waals surface area contributed by atoms with Gasteiger partial charge >= 0.3 is 0 Å². The Kier molecular flexibility index (Phi) is 4.65. The van der Waals surface area contributed by atoms with E-state index < -0.39 is 5.60 Å². The highest BCUT2D eigenvalue weighted by molar-refractivity contribution is 5.26. The molecule has 0 amide bonds. The van der Waals surface area contributed by atoms with E-state index in [2.05, 4.69) is 67.4 Å². The molecule has 0 aliphatic carbocycles. The molecule has 0 unspecified atom stereocenters. The summed E-state index contributed by atoms with van der Waals surface area (Å²) in [6.07, 6.45) is 3.15. The Labute approximate surface area is 138 Å². The van der Waals surface area contributed by atoms with Gasteiger partial charge in [-0.1, -0.05) is 73.7 Å². The van der Waals surface area contributed by atoms with Crippen LogP contribution in [0.15, 0.2) is 73.3 Å². The summed E-state index contributed by atoms with van der Waals surface area (Å²) in [5.41, 5.74) is 1.71. The zero-order valence-electron chi connectivity index (χ0n) is 13.7. The molecule has 4 atom stereocenters. The van der Waals surface area contributed by atoms with Gasteiger partial charge in [0, 0.05) is 18.0 Å². The molecule has 1 fully saturated rings. The first-order chi connectivity index (χ1) is 11.1. The molecule has 23 heavy (non-hydrogen) atoms. The molecule has 2 nitrogen and oxygen atoms in total. The average molecular weight is 307 g/mol. The number of benzene rings is 2. The average Bonchev–Trinajstić information content (AvgIpc) is 2.59. The predicted octanol–water partition coefficient (Wildman–Crippen LogP) is 4.41. The van der Waals surface area contributed by atoms with E-state index in [-0.39, 0.29) is 18.0 Å². The van der Waals surface area contributed by atoms with Crippen LogP contribution in [0.4, 0.5) is 0 Å². The van der Waals surface area contributed by atoms with Gasteiger partial charge in [0.15, 0.2) is 0 Å². The van der Waals surface area contributed by atoms with E-state index in [1.54, 1.807) is 0 Å². The molecule has 2 heteroatoms. The molecule has 1 aliphatic rings. The molecule has 2 N–H and O–H groups in total. The first-order valence-corrected chi connectivity index (χ1v) is 8.33. The summed E-state index contributed by atoms with van der Waals surface area (Å²) in [4.78, 5) is 0.